The van der Waals surface area contributed by atoms with Gasteiger partial charge >= 0.3 is 0 Å². The Bertz CT molecular complexity index is 431. The molecular formula is C12H17N3OS. The zero-order valence-corrected chi connectivity index (χ0v) is 11.0. The molecule has 0 saturated heterocycles. The fourth-order valence-electron chi connectivity index (χ4n) is 1.97. The molecule has 4 nitrogen and oxygen atoms in total. The Labute approximate surface area is 105 Å². The molecule has 1 aromatic rings. The first-order chi connectivity index (χ1) is 8.22. The lowest BCUT2D eigenvalue weighted by Crippen LogP contribution is -2.19. The maximum Gasteiger partial charge on any atom is 0.213 e. The number of aryl methyl sites for hydroxylation is 2. The maximum absolute atomic E-state index is 5.52. The van der Waals surface area contributed by atoms with E-state index in [2.05, 4.69) is 15.3 Å². The number of aromatic nitrogens is 1. The molecule has 0 spiro atoms. The Morgan fingerprint density at radius 1 is 1.41 bits per heavy atom. The Kier molecular flexibility index (Phi) is 2.86. The smallest absolute Gasteiger partial charge is 0.213 e. The number of rotatable bonds is 3. The Morgan fingerprint density at radius 3 is 2.88 bits per heavy atom. The SMILES string of the molecule is Cc1nc(CNC2=NCC(C3CC3)S2)oc1C. The molecule has 2 aliphatic rings. The molecule has 17 heavy (non-hydrogen) atoms. The highest BCUT2D eigenvalue weighted by Gasteiger charge is 2.35. The van der Waals surface area contributed by atoms with Gasteiger partial charge < -0.3 is 9.73 Å². The van der Waals surface area contributed by atoms with Crippen LogP contribution in [0.15, 0.2) is 9.41 Å². The standard InChI is InChI=1S/C12H17N3OS/c1-7-8(2)16-11(15-7)6-14-12-13-5-10(17-12)9-3-4-9/h9-10H,3-6H2,1-2H3,(H,13,14). The number of aliphatic imine (C=N–C) groups is 1. The minimum absolute atomic E-state index is 0.637. The first-order valence-electron chi connectivity index (χ1n) is 6.10. The third-order valence-electron chi connectivity index (χ3n) is 3.29. The summed E-state index contributed by atoms with van der Waals surface area (Å²) in [7, 11) is 0. The van der Waals surface area contributed by atoms with Crippen molar-refractivity contribution in [3.05, 3.63) is 17.3 Å². The van der Waals surface area contributed by atoms with Crippen molar-refractivity contribution in [1.29, 1.82) is 0 Å². The quantitative estimate of drug-likeness (QED) is 0.895. The van der Waals surface area contributed by atoms with Crippen molar-refractivity contribution in [3.63, 3.8) is 0 Å². The molecule has 3 rings (SSSR count). The van der Waals surface area contributed by atoms with E-state index in [1.165, 1.54) is 12.8 Å². The van der Waals surface area contributed by atoms with E-state index in [9.17, 15) is 0 Å². The van der Waals surface area contributed by atoms with Gasteiger partial charge in [0.05, 0.1) is 18.8 Å². The molecule has 0 radical (unpaired) electrons. The molecule has 1 aromatic heterocycles. The monoisotopic (exact) mass is 251 g/mol. The summed E-state index contributed by atoms with van der Waals surface area (Å²) < 4.78 is 5.52. The van der Waals surface area contributed by atoms with Crippen molar-refractivity contribution in [1.82, 2.24) is 10.3 Å². The summed E-state index contributed by atoms with van der Waals surface area (Å²) in [5, 5.41) is 5.07. The van der Waals surface area contributed by atoms with Crippen LogP contribution in [0.1, 0.15) is 30.2 Å². The molecule has 0 amide bonds. The van der Waals surface area contributed by atoms with Gasteiger partial charge in [0.25, 0.3) is 0 Å². The van der Waals surface area contributed by atoms with Crippen LogP contribution in [0.5, 0.6) is 0 Å². The van der Waals surface area contributed by atoms with Gasteiger partial charge in [0.2, 0.25) is 5.89 Å². The lowest BCUT2D eigenvalue weighted by molar-refractivity contribution is 0.465. The van der Waals surface area contributed by atoms with Crippen molar-refractivity contribution in [2.45, 2.75) is 38.5 Å². The van der Waals surface area contributed by atoms with Crippen LogP contribution in [0.25, 0.3) is 0 Å². The van der Waals surface area contributed by atoms with E-state index in [1.54, 1.807) is 0 Å². The van der Waals surface area contributed by atoms with Crippen LogP contribution in [-0.4, -0.2) is 21.9 Å². The molecule has 1 saturated carbocycles. The second-order valence-electron chi connectivity index (χ2n) is 4.74. The summed E-state index contributed by atoms with van der Waals surface area (Å²) in [6.07, 6.45) is 2.77. The minimum Gasteiger partial charge on any atom is -0.444 e. The van der Waals surface area contributed by atoms with E-state index in [4.69, 9.17) is 4.42 Å². The molecule has 2 heterocycles. The van der Waals surface area contributed by atoms with Crippen molar-refractivity contribution < 1.29 is 4.42 Å². The van der Waals surface area contributed by atoms with Gasteiger partial charge in [-0.2, -0.15) is 0 Å². The Hall–Kier alpha value is -0.970. The number of hydrogen-bond acceptors (Lipinski definition) is 5. The molecule has 0 bridgehead atoms. The van der Waals surface area contributed by atoms with Crippen LogP contribution >= 0.6 is 11.8 Å². The van der Waals surface area contributed by atoms with Crippen molar-refractivity contribution in [2.75, 3.05) is 6.54 Å². The summed E-state index contributed by atoms with van der Waals surface area (Å²) in [6.45, 7) is 5.52. The summed E-state index contributed by atoms with van der Waals surface area (Å²) in [4.78, 5) is 8.87. The highest BCUT2D eigenvalue weighted by atomic mass is 32.2. The fourth-order valence-corrected chi connectivity index (χ4v) is 3.17. The molecule has 1 aliphatic carbocycles. The Morgan fingerprint density at radius 2 is 2.24 bits per heavy atom. The second kappa shape index (κ2) is 4.37. The number of hydrogen-bond donors (Lipinski definition) is 1. The predicted octanol–water partition coefficient (Wildman–Crippen LogP) is 2.26. The lowest BCUT2D eigenvalue weighted by Gasteiger charge is -2.05. The fraction of sp³-hybridized carbons (Fsp3) is 0.667. The molecular weight excluding hydrogens is 234 g/mol. The zero-order valence-electron chi connectivity index (χ0n) is 10.2. The largest absolute Gasteiger partial charge is 0.444 e. The number of nitrogens with one attached hydrogen (secondary N) is 1. The van der Waals surface area contributed by atoms with Gasteiger partial charge in [0.15, 0.2) is 5.17 Å². The highest BCUT2D eigenvalue weighted by Crippen LogP contribution is 2.41. The summed E-state index contributed by atoms with van der Waals surface area (Å²) >= 11 is 1.88. The topological polar surface area (TPSA) is 50.4 Å². The maximum atomic E-state index is 5.52. The van der Waals surface area contributed by atoms with Crippen molar-refractivity contribution in [2.24, 2.45) is 10.9 Å². The molecule has 1 aliphatic heterocycles. The predicted molar refractivity (Wildman–Crippen MR) is 69.2 cm³/mol. The average Bonchev–Trinajstić information content (AvgIpc) is 2.96. The van der Waals surface area contributed by atoms with Crippen LogP contribution in [0, 0.1) is 19.8 Å². The van der Waals surface area contributed by atoms with E-state index in [-0.39, 0.29) is 0 Å². The van der Waals surface area contributed by atoms with Crippen LogP contribution in [0.4, 0.5) is 0 Å². The summed E-state index contributed by atoms with van der Waals surface area (Å²) in [5.41, 5.74) is 0.971. The van der Waals surface area contributed by atoms with Gasteiger partial charge in [-0.05, 0) is 32.6 Å². The van der Waals surface area contributed by atoms with E-state index < -0.39 is 0 Å². The van der Waals surface area contributed by atoms with Gasteiger partial charge in [-0.1, -0.05) is 11.8 Å². The Balaban J connectivity index is 1.51. The van der Waals surface area contributed by atoms with Gasteiger partial charge in [0.1, 0.15) is 5.76 Å². The van der Waals surface area contributed by atoms with Gasteiger partial charge in [-0.25, -0.2) is 4.98 Å². The van der Waals surface area contributed by atoms with Gasteiger partial charge in [-0.3, -0.25) is 4.99 Å². The highest BCUT2D eigenvalue weighted by molar-refractivity contribution is 8.14. The first-order valence-corrected chi connectivity index (χ1v) is 6.98. The normalized spacial score (nSPS) is 23.9. The molecule has 1 fully saturated rings. The first kappa shape index (κ1) is 11.1. The average molecular weight is 251 g/mol. The van der Waals surface area contributed by atoms with Gasteiger partial charge in [0, 0.05) is 5.25 Å². The third kappa shape index (κ3) is 2.49. The van der Waals surface area contributed by atoms with Crippen LogP contribution in [0.2, 0.25) is 0 Å². The van der Waals surface area contributed by atoms with E-state index in [0.717, 1.165) is 35.0 Å². The van der Waals surface area contributed by atoms with Crippen LogP contribution in [-0.2, 0) is 6.54 Å². The number of nitrogens with zero attached hydrogens (tertiary/aromatic N) is 2. The molecule has 1 unspecified atom stereocenters. The number of thioether (sulfide) groups is 1. The summed E-state index contributed by atoms with van der Waals surface area (Å²) in [5.74, 6) is 2.56. The van der Waals surface area contributed by atoms with Gasteiger partial charge in [-0.15, -0.1) is 0 Å². The van der Waals surface area contributed by atoms with Crippen LogP contribution < -0.4 is 5.32 Å². The molecule has 1 atom stereocenters. The molecule has 1 N–H and O–H groups in total. The molecule has 5 heteroatoms. The van der Waals surface area contributed by atoms with E-state index in [0.29, 0.717) is 11.8 Å². The number of amidine groups is 1. The number of oxazole rings is 1. The van der Waals surface area contributed by atoms with E-state index in [1.807, 2.05) is 25.6 Å². The van der Waals surface area contributed by atoms with Crippen molar-refractivity contribution in [3.8, 4) is 0 Å². The summed E-state index contributed by atoms with van der Waals surface area (Å²) in [6, 6.07) is 0. The minimum atomic E-state index is 0.637. The zero-order chi connectivity index (χ0) is 11.8. The molecule has 0 aromatic carbocycles. The van der Waals surface area contributed by atoms with E-state index >= 15 is 0 Å². The van der Waals surface area contributed by atoms with Crippen molar-refractivity contribution >= 4 is 16.9 Å². The second-order valence-corrected chi connectivity index (χ2v) is 5.97. The third-order valence-corrected chi connectivity index (χ3v) is 4.62. The lowest BCUT2D eigenvalue weighted by atomic mass is 10.3. The molecule has 92 valence electrons. The van der Waals surface area contributed by atoms with Crippen LogP contribution in [0.3, 0.4) is 0 Å².